The summed E-state index contributed by atoms with van der Waals surface area (Å²) in [4.78, 5) is 82.9. The second kappa shape index (κ2) is 23.5. The highest BCUT2D eigenvalue weighted by Crippen LogP contribution is 2.30. The van der Waals surface area contributed by atoms with Crippen LogP contribution in [0.5, 0.6) is 5.75 Å². The lowest BCUT2D eigenvalue weighted by Gasteiger charge is -2.35. The van der Waals surface area contributed by atoms with Crippen molar-refractivity contribution in [1.29, 1.82) is 0 Å². The Morgan fingerprint density at radius 3 is 1.78 bits per heavy atom. The molecule has 5 amide bonds. The number of amides is 5. The third kappa shape index (κ3) is 15.0. The lowest BCUT2D eigenvalue weighted by molar-refractivity contribution is -0.148. The summed E-state index contributed by atoms with van der Waals surface area (Å²) in [5.74, 6) is -2.94. The van der Waals surface area contributed by atoms with Gasteiger partial charge in [-0.3, -0.25) is 19.2 Å². The number of carbonyl (C=O) groups excluding carboxylic acids is 6. The highest BCUT2D eigenvalue weighted by Gasteiger charge is 2.41. The summed E-state index contributed by atoms with van der Waals surface area (Å²) < 4.78 is 15.9. The van der Waals surface area contributed by atoms with E-state index in [2.05, 4.69) is 26.6 Å². The monoisotopic (exact) mass is 899 g/mol. The Kier molecular flexibility index (Phi) is 17.1. The molecule has 0 bridgehead atoms. The van der Waals surface area contributed by atoms with Crippen molar-refractivity contribution in [3.8, 4) is 5.75 Å². The molecule has 0 aliphatic carbocycles. The molecule has 0 spiro atoms. The maximum atomic E-state index is 14.4. The predicted octanol–water partition coefficient (Wildman–Crippen LogP) is 5.19. The fourth-order valence-electron chi connectivity index (χ4n) is 6.84. The van der Waals surface area contributed by atoms with Crippen LogP contribution < -0.4 is 31.3 Å². The maximum Gasteiger partial charge on any atom is 0.408 e. The maximum absolute atomic E-state index is 14.4. The van der Waals surface area contributed by atoms with Crippen molar-refractivity contribution in [2.24, 2.45) is 0 Å². The first kappa shape index (κ1) is 47.4. The van der Waals surface area contributed by atoms with E-state index in [0.717, 1.165) is 34.0 Å². The molecule has 1 aliphatic heterocycles. The Hall–Kier alpha value is -7.13. The fourth-order valence-corrected chi connectivity index (χ4v) is 7.99. The number of alkyl carbamates (subject to hydrolysis) is 1. The van der Waals surface area contributed by atoms with Crippen LogP contribution in [-0.2, 0) is 66.1 Å². The van der Waals surface area contributed by atoms with Gasteiger partial charge in [0.2, 0.25) is 23.6 Å². The Bertz CT molecular complexity index is 2360. The van der Waals surface area contributed by atoms with Crippen LogP contribution in [0, 0.1) is 0 Å². The molecule has 0 radical (unpaired) electrons. The molecule has 5 aromatic rings. The molecule has 1 saturated heterocycles. The van der Waals surface area contributed by atoms with Crippen molar-refractivity contribution in [1.82, 2.24) is 26.6 Å². The first-order valence-corrected chi connectivity index (χ1v) is 22.2. The minimum absolute atomic E-state index is 0.000282. The van der Waals surface area contributed by atoms with Gasteiger partial charge in [-0.25, -0.2) is 9.59 Å². The minimum Gasteiger partial charge on any atom is -0.489 e. The number of rotatable bonds is 15. The quantitative estimate of drug-likeness (QED) is 0.0876. The summed E-state index contributed by atoms with van der Waals surface area (Å²) in [5, 5.41) is 13.6. The molecule has 0 saturated carbocycles. The molecule has 15 heteroatoms. The van der Waals surface area contributed by atoms with Crippen molar-refractivity contribution in [3.05, 3.63) is 173 Å². The van der Waals surface area contributed by atoms with E-state index in [1.54, 1.807) is 86.6 Å². The molecule has 14 nitrogen and oxygen atoms in total. The van der Waals surface area contributed by atoms with Gasteiger partial charge in [-0.1, -0.05) is 133 Å². The Morgan fingerprint density at radius 2 is 1.20 bits per heavy atom. The van der Waals surface area contributed by atoms with E-state index in [4.69, 9.17) is 14.2 Å². The lowest BCUT2D eigenvalue weighted by atomic mass is 10.00. The van der Waals surface area contributed by atoms with Gasteiger partial charge in [-0.05, 0) is 53.8 Å². The minimum atomic E-state index is -1.33. The molecule has 338 valence electrons. The van der Waals surface area contributed by atoms with Gasteiger partial charge in [0, 0.05) is 23.3 Å². The third-order valence-corrected chi connectivity index (χ3v) is 12.0. The number of benzene rings is 5. The first-order valence-electron chi connectivity index (χ1n) is 21.2. The normalized spacial score (nSPS) is 18.1. The van der Waals surface area contributed by atoms with Gasteiger partial charge in [0.1, 0.15) is 49.7 Å². The molecule has 1 heterocycles. The van der Waals surface area contributed by atoms with Crippen LogP contribution in [0.4, 0.5) is 4.79 Å². The van der Waals surface area contributed by atoms with Gasteiger partial charge in [0.15, 0.2) is 0 Å². The zero-order valence-corrected chi connectivity index (χ0v) is 37.0. The number of esters is 1. The highest BCUT2D eigenvalue weighted by atomic mass is 32.2. The van der Waals surface area contributed by atoms with E-state index in [9.17, 15) is 28.8 Å². The van der Waals surface area contributed by atoms with Crippen LogP contribution in [0.15, 0.2) is 146 Å². The number of ether oxygens (including phenoxy) is 3. The first-order chi connectivity index (χ1) is 31.4. The van der Waals surface area contributed by atoms with Crippen molar-refractivity contribution in [3.63, 3.8) is 0 Å². The average molecular weight is 900 g/mol. The summed E-state index contributed by atoms with van der Waals surface area (Å²) in [7, 11) is 0. The van der Waals surface area contributed by atoms with E-state index in [-0.39, 0.29) is 31.8 Å². The lowest BCUT2D eigenvalue weighted by Crippen LogP contribution is -2.61. The Balaban J connectivity index is 1.22. The van der Waals surface area contributed by atoms with Crippen LogP contribution in [0.3, 0.4) is 0 Å². The summed E-state index contributed by atoms with van der Waals surface area (Å²) in [6.07, 6.45) is -0.764. The standard InChI is InChI=1S/C50H53N5O9S/c1-50(2)44(55-46(58)41(54-49(61)64-32-38-21-13-6-14-22-38)28-35-23-25-39(26-24-35)62-30-36-17-9-4-10-18-36)47(59)51-29-43(56)52-40(27-34-15-7-3-8-16-34)45(57)53-42(33-65-50)48(60)63-31-37-19-11-5-12-20-37/h3-26,40-42,44H,27-33H2,1-2H3,(H,51,59)(H,52,56)(H,53,57)(H,54,61)(H,55,58)/t40-,41-,42+,44-/m0/s1. The van der Waals surface area contributed by atoms with Crippen molar-refractivity contribution >= 4 is 47.5 Å². The third-order valence-electron chi connectivity index (χ3n) is 10.5. The molecule has 6 rings (SSSR count). The van der Waals surface area contributed by atoms with E-state index in [1.165, 1.54) is 0 Å². The van der Waals surface area contributed by atoms with Crippen molar-refractivity contribution in [2.45, 2.75) is 75.4 Å². The molecule has 65 heavy (non-hydrogen) atoms. The number of thioether (sulfide) groups is 1. The van der Waals surface area contributed by atoms with Gasteiger partial charge in [0.25, 0.3) is 0 Å². The number of hydrogen-bond donors (Lipinski definition) is 5. The number of nitrogens with one attached hydrogen (secondary N) is 5. The highest BCUT2D eigenvalue weighted by molar-refractivity contribution is 8.00. The van der Waals surface area contributed by atoms with Gasteiger partial charge in [0.05, 0.1) is 6.54 Å². The molecule has 1 fully saturated rings. The second-order valence-electron chi connectivity index (χ2n) is 15.9. The Morgan fingerprint density at radius 1 is 0.662 bits per heavy atom. The van der Waals surface area contributed by atoms with Crippen LogP contribution in [0.25, 0.3) is 0 Å². The topological polar surface area (TPSA) is 190 Å². The molecule has 0 aromatic heterocycles. The van der Waals surface area contributed by atoms with Gasteiger partial charge in [-0.15, -0.1) is 0 Å². The summed E-state index contributed by atoms with van der Waals surface area (Å²) in [6.45, 7) is 3.10. The summed E-state index contributed by atoms with van der Waals surface area (Å²) >= 11 is 1.14. The second-order valence-corrected chi connectivity index (χ2v) is 17.6. The van der Waals surface area contributed by atoms with Crippen LogP contribution in [0.2, 0.25) is 0 Å². The zero-order chi connectivity index (χ0) is 46.0. The largest absolute Gasteiger partial charge is 0.489 e. The smallest absolute Gasteiger partial charge is 0.408 e. The van der Waals surface area contributed by atoms with E-state index in [1.807, 2.05) is 72.8 Å². The fraction of sp³-hybridized carbons (Fsp3) is 0.280. The molecular weight excluding hydrogens is 847 g/mol. The Labute approximate surface area is 382 Å². The molecule has 4 atom stereocenters. The van der Waals surface area contributed by atoms with Crippen molar-refractivity contribution in [2.75, 3.05) is 12.3 Å². The summed E-state index contributed by atoms with van der Waals surface area (Å²) in [6, 6.07) is 39.0. The molecule has 1 aliphatic rings. The number of hydrogen-bond acceptors (Lipinski definition) is 10. The molecule has 5 aromatic carbocycles. The SMILES string of the molecule is CC1(C)SC[C@H](C(=O)OCc2ccccc2)NC(=O)[C@H](Cc2ccccc2)NC(=O)CNC(=O)[C@@H]1NC(=O)[C@H](Cc1ccc(OCc2ccccc2)cc1)NC(=O)OCc1ccccc1. The summed E-state index contributed by atoms with van der Waals surface area (Å²) in [5.41, 5.74) is 3.89. The zero-order valence-electron chi connectivity index (χ0n) is 36.2. The van der Waals surface area contributed by atoms with Crippen LogP contribution in [0.1, 0.15) is 41.7 Å². The van der Waals surface area contributed by atoms with E-state index >= 15 is 0 Å². The van der Waals surface area contributed by atoms with Crippen molar-refractivity contribution < 1.29 is 43.0 Å². The van der Waals surface area contributed by atoms with E-state index in [0.29, 0.717) is 17.9 Å². The molecule has 0 unspecified atom stereocenters. The predicted molar refractivity (Wildman–Crippen MR) is 246 cm³/mol. The number of carbonyl (C=O) groups is 6. The van der Waals surface area contributed by atoms with Gasteiger partial charge >= 0.3 is 12.1 Å². The molecular formula is C50H53N5O9S. The average Bonchev–Trinajstić information content (AvgIpc) is 3.33. The molecule has 5 N–H and O–H groups in total. The van der Waals surface area contributed by atoms with Crippen LogP contribution >= 0.6 is 11.8 Å². The van der Waals surface area contributed by atoms with Gasteiger partial charge in [-0.2, -0.15) is 11.8 Å². The van der Waals surface area contributed by atoms with E-state index < -0.39 is 71.2 Å². The van der Waals surface area contributed by atoms with Crippen LogP contribution in [-0.4, -0.2) is 76.9 Å². The van der Waals surface area contributed by atoms with Gasteiger partial charge < -0.3 is 40.8 Å².